The van der Waals surface area contributed by atoms with Crippen molar-refractivity contribution in [1.82, 2.24) is 10.2 Å². The molecule has 2 amide bonds. The van der Waals surface area contributed by atoms with Crippen molar-refractivity contribution in [3.8, 4) is 0 Å². The average Bonchev–Trinajstić information content (AvgIpc) is 2.66. The minimum atomic E-state index is -0.0917. The molecule has 28 heavy (non-hydrogen) atoms. The Morgan fingerprint density at radius 1 is 1.00 bits per heavy atom. The summed E-state index contributed by atoms with van der Waals surface area (Å²) in [5.41, 5.74) is 3.17. The molecule has 0 spiro atoms. The van der Waals surface area contributed by atoms with Crippen LogP contribution in [0.1, 0.15) is 17.5 Å². The maximum Gasteiger partial charge on any atom is 0.234 e. The number of carbonyl (C=O) groups is 2. The van der Waals surface area contributed by atoms with Gasteiger partial charge in [0, 0.05) is 18.8 Å². The Balaban J connectivity index is 1.52. The summed E-state index contributed by atoms with van der Waals surface area (Å²) in [4.78, 5) is 26.0. The van der Waals surface area contributed by atoms with Crippen molar-refractivity contribution < 1.29 is 9.59 Å². The highest BCUT2D eigenvalue weighted by Gasteiger charge is 2.06. The first-order valence-electron chi connectivity index (χ1n) is 9.46. The monoisotopic (exact) mass is 399 g/mol. The number of benzene rings is 2. The molecule has 0 saturated carbocycles. The van der Waals surface area contributed by atoms with E-state index in [1.807, 2.05) is 49.4 Å². The maximum atomic E-state index is 11.9. The zero-order valence-corrected chi connectivity index (χ0v) is 17.4. The van der Waals surface area contributed by atoms with Gasteiger partial charge in [-0.25, -0.2) is 0 Å². The predicted octanol–water partition coefficient (Wildman–Crippen LogP) is 3.31. The molecule has 0 fully saturated rings. The zero-order chi connectivity index (χ0) is 20.2. The van der Waals surface area contributed by atoms with Crippen LogP contribution >= 0.6 is 11.8 Å². The van der Waals surface area contributed by atoms with Crippen LogP contribution in [0.5, 0.6) is 0 Å². The van der Waals surface area contributed by atoms with Crippen molar-refractivity contribution >= 4 is 29.3 Å². The maximum absolute atomic E-state index is 11.9. The zero-order valence-electron chi connectivity index (χ0n) is 16.6. The Bertz CT molecular complexity index is 752. The van der Waals surface area contributed by atoms with E-state index in [0.29, 0.717) is 12.3 Å². The molecule has 5 nitrogen and oxygen atoms in total. The van der Waals surface area contributed by atoms with Gasteiger partial charge in [0.05, 0.1) is 11.5 Å². The van der Waals surface area contributed by atoms with E-state index in [2.05, 4.69) is 34.7 Å². The number of rotatable bonds is 11. The van der Waals surface area contributed by atoms with E-state index in [1.54, 1.807) is 0 Å². The van der Waals surface area contributed by atoms with Gasteiger partial charge in [0.1, 0.15) is 0 Å². The van der Waals surface area contributed by atoms with E-state index < -0.39 is 0 Å². The van der Waals surface area contributed by atoms with E-state index in [4.69, 9.17) is 0 Å². The largest absolute Gasteiger partial charge is 0.355 e. The third-order valence-electron chi connectivity index (χ3n) is 4.10. The van der Waals surface area contributed by atoms with E-state index in [9.17, 15) is 9.59 Å². The third-order valence-corrected chi connectivity index (χ3v) is 5.03. The number of aryl methyl sites for hydroxylation is 1. The van der Waals surface area contributed by atoms with Crippen molar-refractivity contribution in [2.24, 2.45) is 0 Å². The fourth-order valence-electron chi connectivity index (χ4n) is 2.76. The Hall–Kier alpha value is -2.31. The normalized spacial score (nSPS) is 10.7. The van der Waals surface area contributed by atoms with Crippen molar-refractivity contribution in [3.63, 3.8) is 0 Å². The second-order valence-electron chi connectivity index (χ2n) is 6.84. The van der Waals surface area contributed by atoms with Crippen LogP contribution in [0.15, 0.2) is 54.6 Å². The number of anilines is 1. The van der Waals surface area contributed by atoms with Crippen LogP contribution in [0.2, 0.25) is 0 Å². The van der Waals surface area contributed by atoms with Crippen molar-refractivity contribution in [3.05, 3.63) is 65.7 Å². The molecule has 6 heteroatoms. The summed E-state index contributed by atoms with van der Waals surface area (Å²) in [6, 6.07) is 18.0. The smallest absolute Gasteiger partial charge is 0.234 e. The Morgan fingerprint density at radius 3 is 2.50 bits per heavy atom. The second-order valence-corrected chi connectivity index (χ2v) is 7.82. The fourth-order valence-corrected chi connectivity index (χ4v) is 3.41. The van der Waals surface area contributed by atoms with Gasteiger partial charge in [-0.05, 0) is 50.2 Å². The lowest BCUT2D eigenvalue weighted by molar-refractivity contribution is -0.118. The third kappa shape index (κ3) is 9.06. The molecule has 0 aliphatic heterocycles. The molecule has 2 aromatic carbocycles. The van der Waals surface area contributed by atoms with Gasteiger partial charge in [-0.2, -0.15) is 0 Å². The SMILES string of the molecule is Cc1cccc(NC(=O)CSCC(=O)NCCCN(C)Cc2ccccc2)c1. The molecule has 0 saturated heterocycles. The molecule has 0 heterocycles. The number of thioether (sulfide) groups is 1. The summed E-state index contributed by atoms with van der Waals surface area (Å²) in [5, 5.41) is 5.76. The highest BCUT2D eigenvalue weighted by Crippen LogP contribution is 2.10. The van der Waals surface area contributed by atoms with Gasteiger partial charge in [0.15, 0.2) is 0 Å². The highest BCUT2D eigenvalue weighted by molar-refractivity contribution is 8.00. The first kappa shape index (κ1) is 22.0. The first-order chi connectivity index (χ1) is 13.5. The Labute approximate surface area is 171 Å². The lowest BCUT2D eigenvalue weighted by Crippen LogP contribution is -2.29. The lowest BCUT2D eigenvalue weighted by atomic mass is 10.2. The van der Waals surface area contributed by atoms with Gasteiger partial charge >= 0.3 is 0 Å². The molecule has 0 aliphatic rings. The molecular formula is C22H29N3O2S. The van der Waals surface area contributed by atoms with Crippen LogP contribution in [-0.4, -0.2) is 48.4 Å². The summed E-state index contributed by atoms with van der Waals surface area (Å²) in [6.45, 7) is 4.45. The van der Waals surface area contributed by atoms with Crippen LogP contribution in [-0.2, 0) is 16.1 Å². The van der Waals surface area contributed by atoms with Crippen LogP contribution in [0, 0.1) is 6.92 Å². The lowest BCUT2D eigenvalue weighted by Gasteiger charge is -2.16. The van der Waals surface area contributed by atoms with E-state index in [-0.39, 0.29) is 17.6 Å². The number of hydrogen-bond acceptors (Lipinski definition) is 4. The van der Waals surface area contributed by atoms with Gasteiger partial charge in [0.25, 0.3) is 0 Å². The van der Waals surface area contributed by atoms with Crippen LogP contribution in [0.3, 0.4) is 0 Å². The van der Waals surface area contributed by atoms with Crippen LogP contribution in [0.25, 0.3) is 0 Å². The van der Waals surface area contributed by atoms with E-state index >= 15 is 0 Å². The molecule has 0 aliphatic carbocycles. The molecule has 2 N–H and O–H groups in total. The molecule has 0 atom stereocenters. The number of nitrogens with zero attached hydrogens (tertiary/aromatic N) is 1. The Kier molecular flexibility index (Phi) is 9.59. The summed E-state index contributed by atoms with van der Waals surface area (Å²) in [7, 11) is 2.08. The fraction of sp³-hybridized carbons (Fsp3) is 0.364. The molecule has 0 aromatic heterocycles. The number of nitrogens with one attached hydrogen (secondary N) is 2. The molecule has 0 unspecified atom stereocenters. The standard InChI is InChI=1S/C22H29N3O2S/c1-18-8-6-11-20(14-18)24-22(27)17-28-16-21(26)23-12-7-13-25(2)15-19-9-4-3-5-10-19/h3-6,8-11,14H,7,12-13,15-17H2,1-2H3,(H,23,26)(H,24,27). The van der Waals surface area contributed by atoms with Gasteiger partial charge < -0.3 is 15.5 Å². The van der Waals surface area contributed by atoms with Gasteiger partial charge in [-0.15, -0.1) is 11.8 Å². The topological polar surface area (TPSA) is 61.4 Å². The Morgan fingerprint density at radius 2 is 1.75 bits per heavy atom. The number of hydrogen-bond donors (Lipinski definition) is 2. The summed E-state index contributed by atoms with van der Waals surface area (Å²) >= 11 is 1.32. The van der Waals surface area contributed by atoms with Crippen molar-refractivity contribution in [2.75, 3.05) is 37.0 Å². The first-order valence-corrected chi connectivity index (χ1v) is 10.6. The molecule has 2 rings (SSSR count). The average molecular weight is 400 g/mol. The number of amides is 2. The molecule has 0 bridgehead atoms. The van der Waals surface area contributed by atoms with Gasteiger partial charge in [-0.1, -0.05) is 42.5 Å². The summed E-state index contributed by atoms with van der Waals surface area (Å²) in [5.74, 6) is 0.437. The van der Waals surface area contributed by atoms with Gasteiger partial charge in [0.2, 0.25) is 11.8 Å². The van der Waals surface area contributed by atoms with E-state index in [0.717, 1.165) is 30.8 Å². The van der Waals surface area contributed by atoms with Crippen LogP contribution < -0.4 is 10.6 Å². The quantitative estimate of drug-likeness (QED) is 0.569. The van der Waals surface area contributed by atoms with Crippen molar-refractivity contribution in [1.29, 1.82) is 0 Å². The summed E-state index contributed by atoms with van der Waals surface area (Å²) < 4.78 is 0. The minimum absolute atomic E-state index is 0.0286. The minimum Gasteiger partial charge on any atom is -0.355 e. The van der Waals surface area contributed by atoms with Gasteiger partial charge in [-0.3, -0.25) is 9.59 Å². The molecular weight excluding hydrogens is 370 g/mol. The molecule has 2 aromatic rings. The van der Waals surface area contributed by atoms with E-state index in [1.165, 1.54) is 17.3 Å². The molecule has 150 valence electrons. The van der Waals surface area contributed by atoms with Crippen molar-refractivity contribution in [2.45, 2.75) is 19.9 Å². The highest BCUT2D eigenvalue weighted by atomic mass is 32.2. The molecule has 0 radical (unpaired) electrons. The second kappa shape index (κ2) is 12.2. The predicted molar refractivity (Wildman–Crippen MR) is 118 cm³/mol. The summed E-state index contributed by atoms with van der Waals surface area (Å²) in [6.07, 6.45) is 0.896. The number of carbonyl (C=O) groups excluding carboxylic acids is 2. The van der Waals surface area contributed by atoms with Crippen LogP contribution in [0.4, 0.5) is 5.69 Å².